The van der Waals surface area contributed by atoms with Gasteiger partial charge in [0.05, 0.1) is 5.92 Å². The summed E-state index contributed by atoms with van der Waals surface area (Å²) in [7, 11) is 0. The molecular weight excluding hydrogens is 224 g/mol. The van der Waals surface area contributed by atoms with E-state index in [2.05, 4.69) is 32.1 Å². The first-order valence-corrected chi connectivity index (χ1v) is 6.63. The van der Waals surface area contributed by atoms with Gasteiger partial charge in [-0.1, -0.05) is 50.3 Å². The highest BCUT2D eigenvalue weighted by molar-refractivity contribution is 5.75. The number of hydrogen-bond acceptors (Lipinski definition) is 1. The largest absolute Gasteiger partial charge is 0.481 e. The first-order valence-electron chi connectivity index (χ1n) is 6.63. The van der Waals surface area contributed by atoms with Crippen LogP contribution < -0.4 is 0 Å². The van der Waals surface area contributed by atoms with Gasteiger partial charge in [0.1, 0.15) is 0 Å². The quantitative estimate of drug-likeness (QED) is 0.877. The number of rotatable bonds is 3. The Kier molecular flexibility index (Phi) is 3.85. The second-order valence-corrected chi connectivity index (χ2v) is 5.08. The lowest BCUT2D eigenvalue weighted by Gasteiger charge is -2.34. The molecule has 0 heterocycles. The van der Waals surface area contributed by atoms with Crippen LogP contribution in [0, 0.1) is 17.8 Å². The second-order valence-electron chi connectivity index (χ2n) is 5.08. The number of carbonyl (C=O) groups is 1. The Morgan fingerprint density at radius 2 is 2.00 bits per heavy atom. The number of allylic oxidation sites excluding steroid dienone is 2. The molecule has 2 nitrogen and oxygen atoms in total. The van der Waals surface area contributed by atoms with Crippen LogP contribution in [0.15, 0.2) is 36.4 Å². The molecular formula is C16H20O2. The fraction of sp³-hybridized carbons (Fsp3) is 0.438. The molecule has 1 aliphatic rings. The average Bonchev–Trinajstić information content (AvgIpc) is 2.39. The predicted octanol–water partition coefficient (Wildman–Crippen LogP) is 3.84. The Morgan fingerprint density at radius 1 is 1.33 bits per heavy atom. The molecule has 0 bridgehead atoms. The molecule has 3 atom stereocenters. The molecule has 2 heteroatoms. The van der Waals surface area contributed by atoms with E-state index in [1.54, 1.807) is 0 Å². The van der Waals surface area contributed by atoms with Crippen LogP contribution >= 0.6 is 0 Å². The Bertz CT molecular complexity index is 447. The molecule has 18 heavy (non-hydrogen) atoms. The van der Waals surface area contributed by atoms with Gasteiger partial charge in [-0.2, -0.15) is 0 Å². The van der Waals surface area contributed by atoms with Crippen LogP contribution in [0.4, 0.5) is 0 Å². The van der Waals surface area contributed by atoms with Crippen molar-refractivity contribution >= 4 is 11.5 Å². The van der Waals surface area contributed by atoms with E-state index in [-0.39, 0.29) is 11.8 Å². The van der Waals surface area contributed by atoms with Crippen molar-refractivity contribution in [2.75, 3.05) is 0 Å². The molecule has 0 radical (unpaired) electrons. The van der Waals surface area contributed by atoms with Crippen molar-refractivity contribution in [3.63, 3.8) is 0 Å². The van der Waals surface area contributed by atoms with E-state index in [4.69, 9.17) is 0 Å². The van der Waals surface area contributed by atoms with Gasteiger partial charge in [0.15, 0.2) is 0 Å². The van der Waals surface area contributed by atoms with E-state index in [1.165, 1.54) is 11.1 Å². The third-order valence-electron chi connectivity index (χ3n) is 4.12. The van der Waals surface area contributed by atoms with Crippen molar-refractivity contribution in [2.45, 2.75) is 26.7 Å². The summed E-state index contributed by atoms with van der Waals surface area (Å²) in [5.41, 5.74) is 2.56. The first-order chi connectivity index (χ1) is 8.65. The molecule has 96 valence electrons. The minimum atomic E-state index is -0.663. The maximum atomic E-state index is 11.2. The third kappa shape index (κ3) is 2.33. The molecule has 0 spiro atoms. The number of carboxylic acids is 1. The predicted molar refractivity (Wildman–Crippen MR) is 73.1 cm³/mol. The first kappa shape index (κ1) is 12.9. The van der Waals surface area contributed by atoms with Crippen molar-refractivity contribution in [2.24, 2.45) is 17.8 Å². The van der Waals surface area contributed by atoms with E-state index in [0.717, 1.165) is 6.42 Å². The van der Waals surface area contributed by atoms with E-state index >= 15 is 0 Å². The summed E-state index contributed by atoms with van der Waals surface area (Å²) in [5.74, 6) is -0.346. The summed E-state index contributed by atoms with van der Waals surface area (Å²) in [6, 6.07) is 10.3. The minimum Gasteiger partial charge on any atom is -0.481 e. The van der Waals surface area contributed by atoms with Gasteiger partial charge in [-0.25, -0.2) is 0 Å². The second kappa shape index (κ2) is 5.38. The zero-order valence-electron chi connectivity index (χ0n) is 11.0. The van der Waals surface area contributed by atoms with Gasteiger partial charge in [-0.15, -0.1) is 0 Å². The maximum absolute atomic E-state index is 11.2. The Labute approximate surface area is 108 Å². The highest BCUT2D eigenvalue weighted by atomic mass is 16.4. The van der Waals surface area contributed by atoms with Gasteiger partial charge in [-0.3, -0.25) is 4.79 Å². The Balaban J connectivity index is 2.34. The normalized spacial score (nSPS) is 27.7. The maximum Gasteiger partial charge on any atom is 0.307 e. The van der Waals surface area contributed by atoms with E-state index in [1.807, 2.05) is 18.2 Å². The lowest BCUT2D eigenvalue weighted by Crippen LogP contribution is -2.30. The monoisotopic (exact) mass is 244 g/mol. The fourth-order valence-electron chi connectivity index (χ4n) is 3.06. The molecule has 0 unspecified atom stereocenters. The Hall–Kier alpha value is -1.57. The standard InChI is InChI=1S/C16H20O2/c1-3-13-11(2)14(16(17)18)9-10-15(13)12-7-5-4-6-8-12/h4-8,10-11,13-14H,3,9H2,1-2H3,(H,17,18)/t11-,13+,14-/m1/s1. The number of aliphatic carboxylic acids is 1. The molecule has 0 saturated heterocycles. The van der Waals surface area contributed by atoms with Crippen molar-refractivity contribution in [3.05, 3.63) is 42.0 Å². The summed E-state index contributed by atoms with van der Waals surface area (Å²) in [6.45, 7) is 4.21. The molecule has 2 rings (SSSR count). The summed E-state index contributed by atoms with van der Waals surface area (Å²) in [5, 5.41) is 9.25. The van der Waals surface area contributed by atoms with Gasteiger partial charge >= 0.3 is 5.97 Å². The van der Waals surface area contributed by atoms with Crippen LogP contribution in [-0.2, 0) is 4.79 Å². The third-order valence-corrected chi connectivity index (χ3v) is 4.12. The van der Waals surface area contributed by atoms with Gasteiger partial charge in [0.25, 0.3) is 0 Å². The van der Waals surface area contributed by atoms with Crippen LogP contribution in [-0.4, -0.2) is 11.1 Å². The van der Waals surface area contributed by atoms with Gasteiger partial charge in [0, 0.05) is 0 Å². The van der Waals surface area contributed by atoms with E-state index < -0.39 is 5.97 Å². The molecule has 0 aromatic heterocycles. The average molecular weight is 244 g/mol. The Morgan fingerprint density at radius 3 is 2.56 bits per heavy atom. The van der Waals surface area contributed by atoms with E-state index in [0.29, 0.717) is 12.3 Å². The molecule has 0 amide bonds. The molecule has 1 N–H and O–H groups in total. The van der Waals surface area contributed by atoms with Crippen LogP contribution in [0.25, 0.3) is 5.57 Å². The molecule has 1 aromatic rings. The van der Waals surface area contributed by atoms with E-state index in [9.17, 15) is 9.90 Å². The van der Waals surface area contributed by atoms with Crippen molar-refractivity contribution in [1.82, 2.24) is 0 Å². The highest BCUT2D eigenvalue weighted by Crippen LogP contribution is 2.41. The fourth-order valence-corrected chi connectivity index (χ4v) is 3.06. The summed E-state index contributed by atoms with van der Waals surface area (Å²) in [4.78, 5) is 11.2. The minimum absolute atomic E-state index is 0.202. The van der Waals surface area contributed by atoms with Crippen molar-refractivity contribution < 1.29 is 9.90 Å². The summed E-state index contributed by atoms with van der Waals surface area (Å²) < 4.78 is 0. The van der Waals surface area contributed by atoms with Crippen LogP contribution in [0.3, 0.4) is 0 Å². The van der Waals surface area contributed by atoms with Gasteiger partial charge < -0.3 is 5.11 Å². The molecule has 0 fully saturated rings. The number of hydrogen-bond donors (Lipinski definition) is 1. The lowest BCUT2D eigenvalue weighted by molar-refractivity contribution is -0.144. The van der Waals surface area contributed by atoms with Gasteiger partial charge in [-0.05, 0) is 35.8 Å². The number of carboxylic acid groups (broad SMARTS) is 1. The highest BCUT2D eigenvalue weighted by Gasteiger charge is 2.34. The topological polar surface area (TPSA) is 37.3 Å². The molecule has 0 saturated carbocycles. The van der Waals surface area contributed by atoms with Crippen LogP contribution in [0.5, 0.6) is 0 Å². The van der Waals surface area contributed by atoms with Crippen LogP contribution in [0.1, 0.15) is 32.3 Å². The zero-order valence-corrected chi connectivity index (χ0v) is 11.0. The summed E-state index contributed by atoms with van der Waals surface area (Å²) in [6.07, 6.45) is 3.77. The van der Waals surface area contributed by atoms with Crippen molar-refractivity contribution in [1.29, 1.82) is 0 Å². The number of benzene rings is 1. The smallest absolute Gasteiger partial charge is 0.307 e. The van der Waals surface area contributed by atoms with Gasteiger partial charge in [0.2, 0.25) is 0 Å². The molecule has 1 aromatic carbocycles. The van der Waals surface area contributed by atoms with Crippen molar-refractivity contribution in [3.8, 4) is 0 Å². The summed E-state index contributed by atoms with van der Waals surface area (Å²) >= 11 is 0. The molecule has 1 aliphatic carbocycles. The lowest BCUT2D eigenvalue weighted by atomic mass is 9.70. The SMILES string of the molecule is CC[C@@H]1C(c2ccccc2)=CC[C@@H](C(=O)O)[C@@H]1C. The van der Waals surface area contributed by atoms with Crippen LogP contribution in [0.2, 0.25) is 0 Å². The molecule has 0 aliphatic heterocycles. The zero-order chi connectivity index (χ0) is 13.1.